The second-order valence-electron chi connectivity index (χ2n) is 23.1. The van der Waals surface area contributed by atoms with E-state index < -0.39 is 20.0 Å². The van der Waals surface area contributed by atoms with Gasteiger partial charge in [0.25, 0.3) is 7.82 Å². The molecule has 0 aromatic heterocycles. The second kappa shape index (κ2) is 56.2. The highest BCUT2D eigenvalue weighted by atomic mass is 31.2. The van der Waals surface area contributed by atoms with Gasteiger partial charge in [-0.05, 0) is 51.4 Å². The molecule has 0 spiro atoms. The number of aliphatic hydroxyl groups is 1. The summed E-state index contributed by atoms with van der Waals surface area (Å²) < 4.78 is 23.5. The van der Waals surface area contributed by atoms with Gasteiger partial charge >= 0.3 is 0 Å². The molecule has 0 bridgehead atoms. The van der Waals surface area contributed by atoms with Gasteiger partial charge in [-0.25, -0.2) is 0 Å². The van der Waals surface area contributed by atoms with Crippen LogP contribution in [0.4, 0.5) is 0 Å². The molecule has 2 N–H and O–H groups in total. The van der Waals surface area contributed by atoms with Crippen LogP contribution in [0, 0.1) is 0 Å². The Morgan fingerprint density at radius 2 is 0.824 bits per heavy atom. The Bertz CT molecular complexity index is 1340. The summed E-state index contributed by atoms with van der Waals surface area (Å²) in [5.74, 6) is -0.159. The van der Waals surface area contributed by atoms with Gasteiger partial charge in [0.2, 0.25) is 5.91 Å². The van der Waals surface area contributed by atoms with Crippen LogP contribution in [0.1, 0.15) is 309 Å². The highest BCUT2D eigenvalue weighted by molar-refractivity contribution is 7.45. The second-order valence-corrected chi connectivity index (χ2v) is 24.5. The summed E-state index contributed by atoms with van der Waals surface area (Å²) >= 11 is 0. The Morgan fingerprint density at radius 1 is 0.486 bits per heavy atom. The SMILES string of the molecule is CC/C=C\C/C=C\C/C=C\C/C=C\CCCCCCCCCCCCCCCCCCCCCCCCC(=O)NC(COP(=O)([O-])OCC[N+](C)(C)C)C(O)CCCCCCCCCCCCCCCCCCC. The molecule has 0 rings (SSSR count). The predicted octanol–water partition coefficient (Wildman–Crippen LogP) is 19.2. The number of hydrogen-bond acceptors (Lipinski definition) is 6. The van der Waals surface area contributed by atoms with E-state index in [1.54, 1.807) is 0 Å². The van der Waals surface area contributed by atoms with E-state index in [2.05, 4.69) is 67.8 Å². The quantitative estimate of drug-likeness (QED) is 0.0272. The van der Waals surface area contributed by atoms with Gasteiger partial charge in [-0.3, -0.25) is 9.36 Å². The Hall–Kier alpha value is -1.54. The molecule has 8 nitrogen and oxygen atoms in total. The zero-order valence-corrected chi connectivity index (χ0v) is 50.7. The first-order valence-corrected chi connectivity index (χ1v) is 33.4. The van der Waals surface area contributed by atoms with Crippen molar-refractivity contribution in [2.24, 2.45) is 0 Å². The van der Waals surface area contributed by atoms with Gasteiger partial charge in [-0.1, -0.05) is 300 Å². The molecule has 9 heteroatoms. The number of carbonyl (C=O) groups excluding carboxylic acids is 1. The number of carbonyl (C=O) groups is 1. The maximum Gasteiger partial charge on any atom is 0.268 e. The van der Waals surface area contributed by atoms with E-state index in [9.17, 15) is 19.4 Å². The Morgan fingerprint density at radius 3 is 1.20 bits per heavy atom. The molecule has 0 aromatic rings. The number of likely N-dealkylation sites (N-methyl/N-ethyl adjacent to an activating group) is 1. The minimum atomic E-state index is -4.57. The van der Waals surface area contributed by atoms with Crippen LogP contribution in [-0.2, 0) is 18.4 Å². The minimum Gasteiger partial charge on any atom is -0.756 e. The molecule has 3 unspecified atom stereocenters. The number of nitrogens with zero attached hydrogens (tertiary/aromatic N) is 1. The summed E-state index contributed by atoms with van der Waals surface area (Å²) in [7, 11) is 1.32. The standard InChI is InChI=1S/C65H125N2O6P/c1-6-8-10-12-14-16-18-20-22-24-25-26-27-28-29-30-31-32-33-34-35-36-37-38-39-40-41-43-45-47-49-51-53-55-57-59-65(69)66-63(62-73-74(70,71)72-61-60-67(3,4)5)64(68)58-56-54-52-50-48-46-44-42-23-21-19-17-15-13-11-9-7-2/h8,10,14,16,20,22,25-26,63-64,68H,6-7,9,11-13,15,17-19,21,23-24,27-62H2,1-5H3,(H-,66,69,70,71)/b10-8-,16-14-,22-20-,26-25-. The van der Waals surface area contributed by atoms with Crippen molar-refractivity contribution in [3.05, 3.63) is 48.6 Å². The molecule has 74 heavy (non-hydrogen) atoms. The first-order valence-electron chi connectivity index (χ1n) is 32.0. The van der Waals surface area contributed by atoms with E-state index in [0.29, 0.717) is 23.9 Å². The first kappa shape index (κ1) is 72.5. The molecule has 0 fully saturated rings. The highest BCUT2D eigenvalue weighted by Crippen LogP contribution is 2.38. The van der Waals surface area contributed by atoms with Crippen LogP contribution in [0.5, 0.6) is 0 Å². The van der Waals surface area contributed by atoms with E-state index in [0.717, 1.165) is 64.2 Å². The lowest BCUT2D eigenvalue weighted by molar-refractivity contribution is -0.870. The van der Waals surface area contributed by atoms with Gasteiger partial charge < -0.3 is 28.8 Å². The lowest BCUT2D eigenvalue weighted by atomic mass is 10.0. The van der Waals surface area contributed by atoms with Gasteiger partial charge in [0.15, 0.2) is 0 Å². The molecular weight excluding hydrogens is 936 g/mol. The van der Waals surface area contributed by atoms with Gasteiger partial charge in [-0.15, -0.1) is 0 Å². The average molecular weight is 1060 g/mol. The number of phosphoric acid groups is 1. The number of quaternary nitrogens is 1. The van der Waals surface area contributed by atoms with Crippen LogP contribution >= 0.6 is 7.82 Å². The first-order chi connectivity index (χ1) is 36.0. The molecular formula is C65H125N2O6P. The molecule has 0 heterocycles. The molecule has 1 amide bonds. The number of hydrogen-bond donors (Lipinski definition) is 2. The number of unbranched alkanes of at least 4 members (excludes halogenated alkanes) is 38. The van der Waals surface area contributed by atoms with Gasteiger partial charge in [0, 0.05) is 6.42 Å². The molecule has 0 saturated heterocycles. The van der Waals surface area contributed by atoms with Crippen LogP contribution in [-0.4, -0.2) is 68.5 Å². The zero-order chi connectivity index (χ0) is 54.2. The molecule has 0 saturated carbocycles. The largest absolute Gasteiger partial charge is 0.756 e. The fourth-order valence-electron chi connectivity index (χ4n) is 9.62. The zero-order valence-electron chi connectivity index (χ0n) is 49.8. The van der Waals surface area contributed by atoms with E-state index in [-0.39, 0.29) is 19.1 Å². The smallest absolute Gasteiger partial charge is 0.268 e. The van der Waals surface area contributed by atoms with Crippen LogP contribution < -0.4 is 10.2 Å². The van der Waals surface area contributed by atoms with Crippen molar-refractivity contribution in [3.8, 4) is 0 Å². The summed E-state index contributed by atoms with van der Waals surface area (Å²) in [5.41, 5.74) is 0. The predicted molar refractivity (Wildman–Crippen MR) is 321 cm³/mol. The normalized spacial score (nSPS) is 14.1. The molecule has 3 atom stereocenters. The van der Waals surface area contributed by atoms with Crippen molar-refractivity contribution < 1.29 is 32.9 Å². The fraction of sp³-hybridized carbons (Fsp3) is 0.862. The van der Waals surface area contributed by atoms with Crippen LogP contribution in [0.2, 0.25) is 0 Å². The van der Waals surface area contributed by atoms with Gasteiger partial charge in [0.05, 0.1) is 39.9 Å². The average Bonchev–Trinajstić information content (AvgIpc) is 3.36. The molecule has 0 aliphatic rings. The van der Waals surface area contributed by atoms with Crippen molar-refractivity contribution in [1.82, 2.24) is 5.32 Å². The number of amides is 1. The number of phosphoric ester groups is 1. The Labute approximate surface area is 460 Å². The summed E-state index contributed by atoms with van der Waals surface area (Å²) in [5, 5.41) is 14.0. The molecule has 0 aromatic carbocycles. The molecule has 0 radical (unpaired) electrons. The molecule has 436 valence electrons. The van der Waals surface area contributed by atoms with E-state index >= 15 is 0 Å². The molecule has 0 aliphatic carbocycles. The topological polar surface area (TPSA) is 108 Å². The van der Waals surface area contributed by atoms with E-state index in [1.165, 1.54) is 218 Å². The highest BCUT2D eigenvalue weighted by Gasteiger charge is 2.24. The fourth-order valence-corrected chi connectivity index (χ4v) is 10.3. The van der Waals surface area contributed by atoms with E-state index in [1.807, 2.05) is 21.1 Å². The molecule has 0 aliphatic heterocycles. The third-order valence-electron chi connectivity index (χ3n) is 14.6. The van der Waals surface area contributed by atoms with Crippen LogP contribution in [0.15, 0.2) is 48.6 Å². The van der Waals surface area contributed by atoms with Crippen molar-refractivity contribution in [2.45, 2.75) is 321 Å². The van der Waals surface area contributed by atoms with Crippen molar-refractivity contribution in [3.63, 3.8) is 0 Å². The van der Waals surface area contributed by atoms with Gasteiger partial charge in [-0.2, -0.15) is 0 Å². The third kappa shape index (κ3) is 58.1. The van der Waals surface area contributed by atoms with E-state index in [4.69, 9.17) is 9.05 Å². The summed E-state index contributed by atoms with van der Waals surface area (Å²) in [6, 6.07) is -0.799. The van der Waals surface area contributed by atoms with Crippen molar-refractivity contribution in [2.75, 3.05) is 40.9 Å². The van der Waals surface area contributed by atoms with Gasteiger partial charge in [0.1, 0.15) is 13.2 Å². The number of aliphatic hydroxyl groups excluding tert-OH is 1. The van der Waals surface area contributed by atoms with Crippen LogP contribution in [0.25, 0.3) is 0 Å². The maximum atomic E-state index is 13.0. The summed E-state index contributed by atoms with van der Waals surface area (Å²) in [6.45, 7) is 4.65. The van der Waals surface area contributed by atoms with Crippen LogP contribution in [0.3, 0.4) is 0 Å². The van der Waals surface area contributed by atoms with Crippen molar-refractivity contribution in [1.29, 1.82) is 0 Å². The Balaban J connectivity index is 3.96. The summed E-state index contributed by atoms with van der Waals surface area (Å²) in [6.07, 6.45) is 74.5. The minimum absolute atomic E-state index is 0.0139. The third-order valence-corrected chi connectivity index (χ3v) is 15.5. The Kier molecular flexibility index (Phi) is 55.0. The number of nitrogens with one attached hydrogen (secondary N) is 1. The lowest BCUT2D eigenvalue weighted by Gasteiger charge is -2.30. The van der Waals surface area contributed by atoms with Crippen molar-refractivity contribution >= 4 is 13.7 Å². The monoisotopic (exact) mass is 1060 g/mol. The lowest BCUT2D eigenvalue weighted by Crippen LogP contribution is -2.46. The number of rotatable bonds is 59. The summed E-state index contributed by atoms with van der Waals surface area (Å²) in [4.78, 5) is 25.6. The number of allylic oxidation sites excluding steroid dienone is 8. The maximum absolute atomic E-state index is 13.0.